The van der Waals surface area contributed by atoms with Crippen molar-refractivity contribution < 1.29 is 4.79 Å². The Balaban J connectivity index is 1.75. The van der Waals surface area contributed by atoms with Gasteiger partial charge in [0, 0.05) is 26.3 Å². The quantitative estimate of drug-likeness (QED) is 0.836. The Morgan fingerprint density at radius 2 is 2.24 bits per heavy atom. The molecule has 3 rings (SSSR count). The van der Waals surface area contributed by atoms with Crippen LogP contribution in [0.4, 0.5) is 0 Å². The fourth-order valence-electron chi connectivity index (χ4n) is 2.55. The summed E-state index contributed by atoms with van der Waals surface area (Å²) < 4.78 is 1.86. The van der Waals surface area contributed by atoms with Gasteiger partial charge in [0.15, 0.2) is 0 Å². The largest absolute Gasteiger partial charge is 0.335 e. The highest BCUT2D eigenvalue weighted by Crippen LogP contribution is 2.22. The van der Waals surface area contributed by atoms with E-state index in [9.17, 15) is 4.79 Å². The van der Waals surface area contributed by atoms with Crippen LogP contribution in [-0.4, -0.2) is 43.9 Å². The third kappa shape index (κ3) is 2.69. The molecule has 2 aromatic rings. The number of carbonyl (C=O) groups is 1. The van der Waals surface area contributed by atoms with Gasteiger partial charge in [0.05, 0.1) is 23.1 Å². The second-order valence-electron chi connectivity index (χ2n) is 5.16. The van der Waals surface area contributed by atoms with Crippen molar-refractivity contribution in [2.24, 2.45) is 7.05 Å². The van der Waals surface area contributed by atoms with Gasteiger partial charge in [-0.1, -0.05) is 6.08 Å². The highest BCUT2D eigenvalue weighted by molar-refractivity contribution is 5.94. The Kier molecular flexibility index (Phi) is 3.51. The number of carbonyl (C=O) groups excluding carboxylic acids is 1. The van der Waals surface area contributed by atoms with E-state index < -0.39 is 0 Å². The minimum atomic E-state index is 0.00769. The maximum absolute atomic E-state index is 12.4. The highest BCUT2D eigenvalue weighted by atomic mass is 16.2. The van der Waals surface area contributed by atoms with Crippen molar-refractivity contribution in [2.75, 3.05) is 13.1 Å². The second kappa shape index (κ2) is 5.47. The first-order chi connectivity index (χ1) is 10.1. The Morgan fingerprint density at radius 1 is 1.38 bits per heavy atom. The van der Waals surface area contributed by atoms with Crippen molar-refractivity contribution in [3.63, 3.8) is 0 Å². The smallest absolute Gasteiger partial charge is 0.255 e. The molecule has 0 fully saturated rings. The molecule has 0 N–H and O–H groups in total. The summed E-state index contributed by atoms with van der Waals surface area (Å²) in [6, 6.07) is 3.77. The van der Waals surface area contributed by atoms with Gasteiger partial charge >= 0.3 is 0 Å². The topological polar surface area (TPSA) is 63.9 Å². The summed E-state index contributed by atoms with van der Waals surface area (Å²) in [6.45, 7) is 3.15. The van der Waals surface area contributed by atoms with Gasteiger partial charge in [-0.15, -0.1) is 0 Å². The monoisotopic (exact) mass is 283 g/mol. The molecular formula is C15H17N5O. The molecule has 3 heterocycles. The minimum Gasteiger partial charge on any atom is -0.335 e. The van der Waals surface area contributed by atoms with Crippen LogP contribution >= 0.6 is 0 Å². The SMILES string of the molecule is Cc1cc(C(=O)N2CC=C(c3ccnn3C)CC2)cnn1. The van der Waals surface area contributed by atoms with Crippen molar-refractivity contribution in [1.29, 1.82) is 0 Å². The van der Waals surface area contributed by atoms with E-state index in [2.05, 4.69) is 21.4 Å². The summed E-state index contributed by atoms with van der Waals surface area (Å²) in [5.41, 5.74) is 3.70. The average Bonchev–Trinajstić information content (AvgIpc) is 2.93. The van der Waals surface area contributed by atoms with E-state index in [-0.39, 0.29) is 5.91 Å². The van der Waals surface area contributed by atoms with Crippen LogP contribution in [0.5, 0.6) is 0 Å². The fourth-order valence-corrected chi connectivity index (χ4v) is 2.55. The number of nitrogens with zero attached hydrogens (tertiary/aromatic N) is 5. The molecule has 0 aliphatic carbocycles. The van der Waals surface area contributed by atoms with Gasteiger partial charge < -0.3 is 4.90 Å². The zero-order valence-electron chi connectivity index (χ0n) is 12.2. The van der Waals surface area contributed by atoms with Crippen LogP contribution in [0.25, 0.3) is 5.57 Å². The third-order valence-corrected chi connectivity index (χ3v) is 3.67. The third-order valence-electron chi connectivity index (χ3n) is 3.67. The van der Waals surface area contributed by atoms with Crippen molar-refractivity contribution in [1.82, 2.24) is 24.9 Å². The van der Waals surface area contributed by atoms with E-state index in [0.717, 1.165) is 17.8 Å². The Morgan fingerprint density at radius 3 is 2.86 bits per heavy atom. The zero-order valence-corrected chi connectivity index (χ0v) is 12.2. The van der Waals surface area contributed by atoms with Gasteiger partial charge in [-0.25, -0.2) is 0 Å². The molecule has 0 unspecified atom stereocenters. The molecule has 0 saturated carbocycles. The first kappa shape index (κ1) is 13.5. The van der Waals surface area contributed by atoms with Crippen molar-refractivity contribution >= 4 is 11.5 Å². The first-order valence-corrected chi connectivity index (χ1v) is 6.91. The molecule has 21 heavy (non-hydrogen) atoms. The van der Waals surface area contributed by atoms with Gasteiger partial charge in [-0.3, -0.25) is 9.48 Å². The molecule has 1 amide bonds. The lowest BCUT2D eigenvalue weighted by atomic mass is 10.0. The summed E-state index contributed by atoms with van der Waals surface area (Å²) >= 11 is 0. The van der Waals surface area contributed by atoms with Crippen LogP contribution < -0.4 is 0 Å². The van der Waals surface area contributed by atoms with E-state index in [1.807, 2.05) is 29.6 Å². The van der Waals surface area contributed by atoms with Crippen molar-refractivity contribution in [3.8, 4) is 0 Å². The van der Waals surface area contributed by atoms with Gasteiger partial charge in [-0.2, -0.15) is 15.3 Å². The molecule has 0 saturated heterocycles. The van der Waals surface area contributed by atoms with Crippen LogP contribution in [0.15, 0.2) is 30.6 Å². The molecule has 0 aromatic carbocycles. The van der Waals surface area contributed by atoms with E-state index >= 15 is 0 Å². The minimum absolute atomic E-state index is 0.00769. The van der Waals surface area contributed by atoms with E-state index in [0.29, 0.717) is 18.7 Å². The van der Waals surface area contributed by atoms with E-state index in [4.69, 9.17) is 0 Å². The lowest BCUT2D eigenvalue weighted by molar-refractivity contribution is 0.0772. The first-order valence-electron chi connectivity index (χ1n) is 6.91. The Hall–Kier alpha value is -2.50. The Labute approximate surface area is 123 Å². The predicted octanol–water partition coefficient (Wildman–Crippen LogP) is 1.45. The molecular weight excluding hydrogens is 266 g/mol. The summed E-state index contributed by atoms with van der Waals surface area (Å²) in [4.78, 5) is 14.3. The number of aromatic nitrogens is 4. The second-order valence-corrected chi connectivity index (χ2v) is 5.16. The molecule has 0 spiro atoms. The molecule has 2 aromatic heterocycles. The molecule has 1 aliphatic heterocycles. The van der Waals surface area contributed by atoms with Gasteiger partial charge in [0.2, 0.25) is 0 Å². The molecule has 6 nitrogen and oxygen atoms in total. The predicted molar refractivity (Wildman–Crippen MR) is 78.5 cm³/mol. The molecule has 1 aliphatic rings. The van der Waals surface area contributed by atoms with Crippen LogP contribution in [0.2, 0.25) is 0 Å². The van der Waals surface area contributed by atoms with Crippen LogP contribution in [-0.2, 0) is 7.05 Å². The van der Waals surface area contributed by atoms with Crippen LogP contribution in [0.3, 0.4) is 0 Å². The number of hydrogen-bond acceptors (Lipinski definition) is 4. The summed E-state index contributed by atoms with van der Waals surface area (Å²) in [6.07, 6.45) is 6.25. The molecule has 0 atom stereocenters. The van der Waals surface area contributed by atoms with Gasteiger partial charge in [0.1, 0.15) is 0 Å². The standard InChI is InChI=1S/C15H17N5O/c1-11-9-13(10-16-18-11)15(21)20-7-4-12(5-8-20)14-3-6-17-19(14)2/h3-4,6,9-10H,5,7-8H2,1-2H3. The average molecular weight is 283 g/mol. The van der Waals surface area contributed by atoms with Crippen LogP contribution in [0, 0.1) is 6.92 Å². The summed E-state index contributed by atoms with van der Waals surface area (Å²) in [5, 5.41) is 11.9. The lowest BCUT2D eigenvalue weighted by Crippen LogP contribution is -2.35. The summed E-state index contributed by atoms with van der Waals surface area (Å²) in [7, 11) is 1.93. The molecule has 108 valence electrons. The normalized spacial score (nSPS) is 15.0. The van der Waals surface area contributed by atoms with Gasteiger partial charge in [-0.05, 0) is 31.1 Å². The maximum atomic E-state index is 12.4. The van der Waals surface area contributed by atoms with E-state index in [1.54, 1.807) is 12.3 Å². The number of rotatable bonds is 2. The van der Waals surface area contributed by atoms with E-state index in [1.165, 1.54) is 11.8 Å². The maximum Gasteiger partial charge on any atom is 0.255 e. The van der Waals surface area contributed by atoms with Gasteiger partial charge in [0.25, 0.3) is 5.91 Å². The lowest BCUT2D eigenvalue weighted by Gasteiger charge is -2.26. The fraction of sp³-hybridized carbons (Fsp3) is 0.333. The highest BCUT2D eigenvalue weighted by Gasteiger charge is 2.20. The molecule has 0 bridgehead atoms. The number of amides is 1. The van der Waals surface area contributed by atoms with Crippen molar-refractivity contribution in [3.05, 3.63) is 47.6 Å². The molecule has 6 heteroatoms. The Bertz CT molecular complexity index is 704. The summed E-state index contributed by atoms with van der Waals surface area (Å²) in [5.74, 6) is 0.00769. The molecule has 0 radical (unpaired) electrons. The van der Waals surface area contributed by atoms with Crippen LogP contribution in [0.1, 0.15) is 28.2 Å². The number of hydrogen-bond donors (Lipinski definition) is 0. The van der Waals surface area contributed by atoms with Crippen molar-refractivity contribution in [2.45, 2.75) is 13.3 Å². The number of aryl methyl sites for hydroxylation is 2. The zero-order chi connectivity index (χ0) is 14.8.